The predicted molar refractivity (Wildman–Crippen MR) is 104 cm³/mol. The highest BCUT2D eigenvalue weighted by Gasteiger charge is 2.53. The quantitative estimate of drug-likeness (QED) is 0.847. The lowest BCUT2D eigenvalue weighted by molar-refractivity contribution is -0.140. The van der Waals surface area contributed by atoms with E-state index in [4.69, 9.17) is 10.5 Å². The fourth-order valence-electron chi connectivity index (χ4n) is 3.81. The van der Waals surface area contributed by atoms with Crippen LogP contribution in [0.1, 0.15) is 39.2 Å². The number of nitrogens with one attached hydrogen (secondary N) is 1. The molecule has 0 aromatic heterocycles. The Morgan fingerprint density at radius 1 is 1.41 bits per heavy atom. The van der Waals surface area contributed by atoms with Crippen molar-refractivity contribution in [1.29, 1.82) is 0 Å². The van der Waals surface area contributed by atoms with Crippen LogP contribution >= 0.6 is 0 Å². The number of rotatable bonds is 4. The van der Waals surface area contributed by atoms with E-state index in [1.54, 1.807) is 40.0 Å². The number of nitrogens with zero attached hydrogens (tertiary/aromatic N) is 2. The van der Waals surface area contributed by atoms with E-state index in [1.807, 2.05) is 0 Å². The van der Waals surface area contributed by atoms with Crippen molar-refractivity contribution in [3.05, 3.63) is 29.6 Å². The Morgan fingerprint density at radius 2 is 2.15 bits per heavy atom. The fourth-order valence-corrected chi connectivity index (χ4v) is 3.81. The second-order valence-electron chi connectivity index (χ2n) is 8.19. The van der Waals surface area contributed by atoms with Gasteiger partial charge >= 0.3 is 0 Å². The van der Waals surface area contributed by atoms with Crippen LogP contribution < -0.4 is 11.1 Å². The number of anilines is 1. The minimum absolute atomic E-state index is 0.0962. The Hall–Kier alpha value is -2.15. The molecule has 0 radical (unpaired) electrons. The summed E-state index contributed by atoms with van der Waals surface area (Å²) < 4.78 is 20.3. The van der Waals surface area contributed by atoms with E-state index < -0.39 is 16.8 Å². The van der Waals surface area contributed by atoms with Crippen molar-refractivity contribution in [3.63, 3.8) is 0 Å². The first kappa shape index (κ1) is 19.6. The predicted octanol–water partition coefficient (Wildman–Crippen LogP) is 2.69. The van der Waals surface area contributed by atoms with Gasteiger partial charge in [0.05, 0.1) is 12.0 Å². The van der Waals surface area contributed by atoms with Gasteiger partial charge in [-0.3, -0.25) is 9.69 Å². The first-order valence-electron chi connectivity index (χ1n) is 9.42. The maximum atomic E-state index is 14.8. The summed E-state index contributed by atoms with van der Waals surface area (Å²) in [4.78, 5) is 18.6. The number of carbonyl (C=O) groups is 1. The largest absolute Gasteiger partial charge is 0.385 e. The number of guanidine groups is 1. The van der Waals surface area contributed by atoms with Crippen LogP contribution in [0.5, 0.6) is 0 Å². The van der Waals surface area contributed by atoms with Crippen LogP contribution in [0.2, 0.25) is 0 Å². The maximum absolute atomic E-state index is 14.8. The molecule has 148 valence electrons. The van der Waals surface area contributed by atoms with Crippen LogP contribution in [0.25, 0.3) is 0 Å². The second kappa shape index (κ2) is 7.11. The molecule has 3 rings (SSSR count). The average molecular weight is 376 g/mol. The molecule has 27 heavy (non-hydrogen) atoms. The van der Waals surface area contributed by atoms with Gasteiger partial charge in [-0.05, 0) is 57.7 Å². The maximum Gasteiger partial charge on any atom is 0.237 e. The molecule has 3 N–H and O–H groups in total. The van der Waals surface area contributed by atoms with E-state index in [-0.39, 0.29) is 11.9 Å². The van der Waals surface area contributed by atoms with E-state index in [9.17, 15) is 9.18 Å². The molecule has 0 aliphatic carbocycles. The smallest absolute Gasteiger partial charge is 0.237 e. The van der Waals surface area contributed by atoms with Gasteiger partial charge in [0.15, 0.2) is 5.96 Å². The number of nitrogens with two attached hydrogens (primary N) is 1. The number of halogens is 1. The summed E-state index contributed by atoms with van der Waals surface area (Å²) in [6, 6.07) is 4.88. The van der Waals surface area contributed by atoms with Crippen LogP contribution in [0.15, 0.2) is 23.2 Å². The van der Waals surface area contributed by atoms with Gasteiger partial charge in [-0.15, -0.1) is 0 Å². The minimum atomic E-state index is -1.10. The van der Waals surface area contributed by atoms with Crippen LogP contribution in [0.4, 0.5) is 10.1 Å². The highest BCUT2D eigenvalue weighted by molar-refractivity contribution is 6.01. The molecule has 2 atom stereocenters. The lowest BCUT2D eigenvalue weighted by Gasteiger charge is -2.46. The zero-order valence-corrected chi connectivity index (χ0v) is 16.5. The van der Waals surface area contributed by atoms with Crippen molar-refractivity contribution in [1.82, 2.24) is 4.90 Å². The average Bonchev–Trinajstić information content (AvgIpc) is 2.65. The fraction of sp³-hybridized carbons (Fsp3) is 0.600. The molecule has 2 unspecified atom stereocenters. The molecule has 1 aromatic rings. The normalized spacial score (nSPS) is 28.0. The van der Waals surface area contributed by atoms with E-state index in [1.165, 1.54) is 11.0 Å². The molecule has 7 heteroatoms. The Morgan fingerprint density at radius 3 is 2.81 bits per heavy atom. The number of amides is 1. The lowest BCUT2D eigenvalue weighted by Crippen LogP contribution is -2.58. The van der Waals surface area contributed by atoms with Gasteiger partial charge in [-0.2, -0.15) is 0 Å². The van der Waals surface area contributed by atoms with Gasteiger partial charge in [-0.25, -0.2) is 9.38 Å². The third-order valence-corrected chi connectivity index (χ3v) is 6.08. The summed E-state index contributed by atoms with van der Waals surface area (Å²) >= 11 is 0. The van der Waals surface area contributed by atoms with Crippen molar-refractivity contribution in [2.24, 2.45) is 22.1 Å². The van der Waals surface area contributed by atoms with Gasteiger partial charge in [-0.1, -0.05) is 0 Å². The van der Waals surface area contributed by atoms with Gasteiger partial charge in [0.1, 0.15) is 11.4 Å². The SMILES string of the molecule is CN1C(=O)C(C)(C)C(C)(c2cc(NCC3CCCOC3)ccc2F)N=C1N. The molecule has 1 fully saturated rings. The third-order valence-electron chi connectivity index (χ3n) is 6.08. The van der Waals surface area contributed by atoms with E-state index in [0.29, 0.717) is 11.5 Å². The van der Waals surface area contributed by atoms with Crippen molar-refractivity contribution >= 4 is 17.6 Å². The van der Waals surface area contributed by atoms with Crippen LogP contribution in [-0.4, -0.2) is 43.6 Å². The Labute approximate surface area is 160 Å². The highest BCUT2D eigenvalue weighted by Crippen LogP contribution is 2.47. The Balaban J connectivity index is 1.92. The summed E-state index contributed by atoms with van der Waals surface area (Å²) in [6.45, 7) is 7.65. The minimum Gasteiger partial charge on any atom is -0.385 e. The number of carbonyl (C=O) groups excluding carboxylic acids is 1. The molecular formula is C20H29FN4O2. The van der Waals surface area contributed by atoms with Crippen molar-refractivity contribution < 1.29 is 13.9 Å². The number of aliphatic imine (C=N–C) groups is 1. The summed E-state index contributed by atoms with van der Waals surface area (Å²) in [5.41, 5.74) is 5.07. The molecule has 2 aliphatic rings. The molecule has 2 heterocycles. The van der Waals surface area contributed by atoms with E-state index >= 15 is 0 Å². The molecule has 0 saturated carbocycles. The van der Waals surface area contributed by atoms with Crippen molar-refractivity contribution in [2.75, 3.05) is 32.1 Å². The molecular weight excluding hydrogens is 347 g/mol. The van der Waals surface area contributed by atoms with Crippen LogP contribution in [0.3, 0.4) is 0 Å². The molecule has 1 aromatic carbocycles. The molecule has 0 spiro atoms. The molecule has 1 amide bonds. The Kier molecular flexibility index (Phi) is 5.16. The van der Waals surface area contributed by atoms with Gasteiger partial charge in [0.2, 0.25) is 5.91 Å². The standard InChI is InChI=1S/C20H29FN4O2/c1-19(2)17(26)25(4)18(22)24-20(19,3)15-10-14(7-8-16(15)21)23-11-13-6-5-9-27-12-13/h7-8,10,13,23H,5-6,9,11-12H2,1-4H3,(H2,22,24). The van der Waals surface area contributed by atoms with Gasteiger partial charge in [0.25, 0.3) is 0 Å². The number of ether oxygens (including phenoxy) is 1. The van der Waals surface area contributed by atoms with Gasteiger partial charge < -0.3 is 15.8 Å². The first-order valence-corrected chi connectivity index (χ1v) is 9.42. The molecule has 1 saturated heterocycles. The molecule has 6 nitrogen and oxygen atoms in total. The van der Waals surface area contributed by atoms with E-state index in [0.717, 1.165) is 38.3 Å². The zero-order chi connectivity index (χ0) is 19.8. The highest BCUT2D eigenvalue weighted by atomic mass is 19.1. The monoisotopic (exact) mass is 376 g/mol. The summed E-state index contributed by atoms with van der Waals surface area (Å²) in [5.74, 6) is -0.0440. The Bertz CT molecular complexity index is 758. The topological polar surface area (TPSA) is 80.0 Å². The number of hydrogen-bond donors (Lipinski definition) is 2. The molecule has 2 aliphatic heterocycles. The third kappa shape index (κ3) is 3.40. The zero-order valence-electron chi connectivity index (χ0n) is 16.5. The van der Waals surface area contributed by atoms with Crippen molar-refractivity contribution in [2.45, 2.75) is 39.2 Å². The van der Waals surface area contributed by atoms with Crippen LogP contribution in [0, 0.1) is 17.2 Å². The van der Waals surface area contributed by atoms with Crippen LogP contribution in [-0.2, 0) is 15.1 Å². The summed E-state index contributed by atoms with van der Waals surface area (Å²) in [5, 5.41) is 3.38. The summed E-state index contributed by atoms with van der Waals surface area (Å²) in [6.07, 6.45) is 2.18. The lowest BCUT2D eigenvalue weighted by atomic mass is 9.67. The number of benzene rings is 1. The first-order chi connectivity index (χ1) is 12.7. The van der Waals surface area contributed by atoms with E-state index in [2.05, 4.69) is 10.3 Å². The molecule has 0 bridgehead atoms. The number of hydrogen-bond acceptors (Lipinski definition) is 5. The van der Waals surface area contributed by atoms with Crippen molar-refractivity contribution in [3.8, 4) is 0 Å². The second-order valence-corrected chi connectivity index (χ2v) is 8.19. The van der Waals surface area contributed by atoms with Gasteiger partial charge in [0, 0.05) is 31.5 Å². The summed E-state index contributed by atoms with van der Waals surface area (Å²) in [7, 11) is 1.59.